The van der Waals surface area contributed by atoms with Gasteiger partial charge in [-0.25, -0.2) is 4.39 Å². The molecule has 1 fully saturated rings. The molecule has 0 spiro atoms. The molecule has 23 heavy (non-hydrogen) atoms. The summed E-state index contributed by atoms with van der Waals surface area (Å²) >= 11 is 0. The van der Waals surface area contributed by atoms with Gasteiger partial charge in [0.2, 0.25) is 0 Å². The topological polar surface area (TPSA) is 39.9 Å². The number of pyridine rings is 1. The minimum Gasteiger partial charge on any atom is -0.370 e. The largest absolute Gasteiger partial charge is 0.370 e. The van der Waals surface area contributed by atoms with Gasteiger partial charge >= 0.3 is 0 Å². The Balaban J connectivity index is 1.70. The van der Waals surface area contributed by atoms with Gasteiger partial charge in [-0.1, -0.05) is 13.0 Å². The highest BCUT2D eigenvalue weighted by Gasteiger charge is 2.26. The standard InChI is InChI=1S/C19H20FN3/c1-14(17-3-2-8-22-13-17)15-6-9-23(10-7-15)19-11-18(20)5-4-16(19)12-21/h2-5,8,11,13-15H,6-7,9-10H2,1H3/t14-/m0/s1. The molecule has 0 N–H and O–H groups in total. The first-order chi connectivity index (χ1) is 11.2. The molecule has 0 bridgehead atoms. The van der Waals surface area contributed by atoms with Gasteiger partial charge in [0.25, 0.3) is 0 Å². The summed E-state index contributed by atoms with van der Waals surface area (Å²) in [6.45, 7) is 3.96. The summed E-state index contributed by atoms with van der Waals surface area (Å²) in [7, 11) is 0. The molecule has 0 amide bonds. The highest BCUT2D eigenvalue weighted by Crippen LogP contribution is 2.34. The SMILES string of the molecule is C[C@H](c1cccnc1)C1CCN(c2cc(F)ccc2C#N)CC1. The maximum absolute atomic E-state index is 13.5. The number of rotatable bonds is 3. The Kier molecular flexibility index (Phi) is 4.57. The fourth-order valence-electron chi connectivity index (χ4n) is 3.42. The number of nitriles is 1. The molecule has 4 heteroatoms. The van der Waals surface area contributed by atoms with Crippen molar-refractivity contribution in [3.8, 4) is 6.07 Å². The van der Waals surface area contributed by atoms with Gasteiger partial charge in [-0.05, 0) is 54.5 Å². The van der Waals surface area contributed by atoms with E-state index in [9.17, 15) is 9.65 Å². The second-order valence-electron chi connectivity index (χ2n) is 6.17. The Morgan fingerprint density at radius 1 is 1.30 bits per heavy atom. The molecule has 0 unspecified atom stereocenters. The molecule has 2 heterocycles. The average Bonchev–Trinajstić information content (AvgIpc) is 2.62. The van der Waals surface area contributed by atoms with Gasteiger partial charge in [0, 0.05) is 25.5 Å². The lowest BCUT2D eigenvalue weighted by molar-refractivity contribution is 0.354. The number of anilines is 1. The van der Waals surface area contributed by atoms with Crippen LogP contribution >= 0.6 is 0 Å². The minimum atomic E-state index is -0.287. The first-order valence-corrected chi connectivity index (χ1v) is 8.03. The first kappa shape index (κ1) is 15.5. The van der Waals surface area contributed by atoms with E-state index in [0.717, 1.165) is 31.6 Å². The van der Waals surface area contributed by atoms with E-state index in [-0.39, 0.29) is 5.82 Å². The number of nitrogens with zero attached hydrogens (tertiary/aromatic N) is 3. The van der Waals surface area contributed by atoms with Crippen LogP contribution in [-0.2, 0) is 0 Å². The van der Waals surface area contributed by atoms with Crippen molar-refractivity contribution in [3.63, 3.8) is 0 Å². The van der Waals surface area contributed by atoms with Crippen molar-refractivity contribution < 1.29 is 4.39 Å². The van der Waals surface area contributed by atoms with Crippen molar-refractivity contribution in [1.29, 1.82) is 5.26 Å². The second-order valence-corrected chi connectivity index (χ2v) is 6.17. The number of benzene rings is 1. The zero-order valence-electron chi connectivity index (χ0n) is 13.2. The summed E-state index contributed by atoms with van der Waals surface area (Å²) in [5.74, 6) is 0.771. The van der Waals surface area contributed by atoms with Crippen molar-refractivity contribution in [2.45, 2.75) is 25.7 Å². The van der Waals surface area contributed by atoms with Crippen molar-refractivity contribution in [3.05, 3.63) is 59.7 Å². The summed E-state index contributed by atoms with van der Waals surface area (Å²) in [5.41, 5.74) is 2.54. The molecule has 1 aromatic carbocycles. The molecule has 3 rings (SSSR count). The summed E-state index contributed by atoms with van der Waals surface area (Å²) in [5, 5.41) is 9.22. The Labute approximate surface area is 136 Å². The van der Waals surface area contributed by atoms with Crippen LogP contribution in [0.4, 0.5) is 10.1 Å². The Morgan fingerprint density at radius 3 is 2.74 bits per heavy atom. The van der Waals surface area contributed by atoms with Crippen LogP contribution in [0.2, 0.25) is 0 Å². The lowest BCUT2D eigenvalue weighted by atomic mass is 9.81. The summed E-state index contributed by atoms with van der Waals surface area (Å²) in [6.07, 6.45) is 5.82. The van der Waals surface area contributed by atoms with E-state index in [1.165, 1.54) is 17.7 Å². The van der Waals surface area contributed by atoms with Crippen LogP contribution in [0.5, 0.6) is 0 Å². The molecule has 1 aromatic heterocycles. The van der Waals surface area contributed by atoms with Crippen LogP contribution in [0.25, 0.3) is 0 Å². The summed E-state index contributed by atoms with van der Waals surface area (Å²) in [4.78, 5) is 6.34. The Bertz CT molecular complexity index is 700. The molecule has 0 saturated carbocycles. The zero-order valence-corrected chi connectivity index (χ0v) is 13.2. The number of hydrogen-bond donors (Lipinski definition) is 0. The summed E-state index contributed by atoms with van der Waals surface area (Å²) in [6, 6.07) is 10.7. The third-order valence-corrected chi connectivity index (χ3v) is 4.88. The monoisotopic (exact) mass is 309 g/mol. The molecule has 1 aliphatic rings. The fraction of sp³-hybridized carbons (Fsp3) is 0.368. The summed E-state index contributed by atoms with van der Waals surface area (Å²) < 4.78 is 13.5. The van der Waals surface area contributed by atoms with Gasteiger partial charge in [0.05, 0.1) is 11.3 Å². The van der Waals surface area contributed by atoms with Gasteiger partial charge in [-0.15, -0.1) is 0 Å². The zero-order chi connectivity index (χ0) is 16.2. The van der Waals surface area contributed by atoms with E-state index >= 15 is 0 Å². The van der Waals surface area contributed by atoms with Crippen molar-refractivity contribution >= 4 is 5.69 Å². The predicted molar refractivity (Wildman–Crippen MR) is 88.7 cm³/mol. The van der Waals surface area contributed by atoms with Gasteiger partial charge < -0.3 is 4.90 Å². The van der Waals surface area contributed by atoms with E-state index in [2.05, 4.69) is 28.9 Å². The molecule has 0 radical (unpaired) electrons. The Hall–Kier alpha value is -2.41. The van der Waals surface area contributed by atoms with Crippen LogP contribution in [0, 0.1) is 23.1 Å². The molecule has 0 aliphatic carbocycles. The number of piperidine rings is 1. The Morgan fingerprint density at radius 2 is 2.09 bits per heavy atom. The molecule has 2 aromatic rings. The molecular formula is C19H20FN3. The van der Waals surface area contributed by atoms with E-state index < -0.39 is 0 Å². The second kappa shape index (κ2) is 6.78. The van der Waals surface area contributed by atoms with Gasteiger partial charge in [0.15, 0.2) is 0 Å². The average molecular weight is 309 g/mol. The molecule has 1 atom stereocenters. The molecule has 3 nitrogen and oxygen atoms in total. The number of hydrogen-bond acceptors (Lipinski definition) is 3. The molecule has 118 valence electrons. The van der Waals surface area contributed by atoms with Crippen molar-refractivity contribution in [2.75, 3.05) is 18.0 Å². The maximum Gasteiger partial charge on any atom is 0.125 e. The van der Waals surface area contributed by atoms with E-state index in [1.807, 2.05) is 12.3 Å². The lowest BCUT2D eigenvalue weighted by Gasteiger charge is -2.36. The highest BCUT2D eigenvalue weighted by atomic mass is 19.1. The fourth-order valence-corrected chi connectivity index (χ4v) is 3.42. The van der Waals surface area contributed by atoms with Gasteiger partial charge in [-0.3, -0.25) is 4.98 Å². The van der Waals surface area contributed by atoms with Gasteiger partial charge in [0.1, 0.15) is 11.9 Å². The maximum atomic E-state index is 13.5. The third kappa shape index (κ3) is 3.34. The van der Waals surface area contributed by atoms with E-state index in [0.29, 0.717) is 17.4 Å². The minimum absolute atomic E-state index is 0.287. The van der Waals surface area contributed by atoms with Crippen LogP contribution in [-0.4, -0.2) is 18.1 Å². The van der Waals surface area contributed by atoms with Crippen LogP contribution in [0.1, 0.15) is 36.8 Å². The van der Waals surface area contributed by atoms with Crippen LogP contribution in [0.15, 0.2) is 42.7 Å². The first-order valence-electron chi connectivity index (χ1n) is 8.03. The lowest BCUT2D eigenvalue weighted by Crippen LogP contribution is -2.35. The normalized spacial score (nSPS) is 16.8. The quantitative estimate of drug-likeness (QED) is 0.856. The molecular weight excluding hydrogens is 289 g/mol. The smallest absolute Gasteiger partial charge is 0.125 e. The van der Waals surface area contributed by atoms with Crippen molar-refractivity contribution in [2.24, 2.45) is 5.92 Å². The highest BCUT2D eigenvalue weighted by molar-refractivity contribution is 5.59. The molecule has 1 saturated heterocycles. The van der Waals surface area contributed by atoms with Crippen LogP contribution in [0.3, 0.4) is 0 Å². The number of aromatic nitrogens is 1. The van der Waals surface area contributed by atoms with E-state index in [4.69, 9.17) is 0 Å². The van der Waals surface area contributed by atoms with E-state index in [1.54, 1.807) is 12.3 Å². The predicted octanol–water partition coefficient (Wildman–Crippen LogP) is 4.11. The third-order valence-electron chi connectivity index (χ3n) is 4.88. The van der Waals surface area contributed by atoms with Crippen LogP contribution < -0.4 is 4.90 Å². The molecule has 1 aliphatic heterocycles. The van der Waals surface area contributed by atoms with Crippen molar-refractivity contribution in [1.82, 2.24) is 4.98 Å². The van der Waals surface area contributed by atoms with Gasteiger partial charge in [-0.2, -0.15) is 5.26 Å². The number of halogens is 1.